The van der Waals surface area contributed by atoms with Crippen LogP contribution in [0.4, 0.5) is 0 Å². The summed E-state index contributed by atoms with van der Waals surface area (Å²) in [5.41, 5.74) is 4.90. The highest BCUT2D eigenvalue weighted by Gasteiger charge is 2.32. The van der Waals surface area contributed by atoms with E-state index in [0.717, 1.165) is 5.92 Å². The highest BCUT2D eigenvalue weighted by molar-refractivity contribution is 5.20. The zero-order valence-electron chi connectivity index (χ0n) is 8.90. The maximum atomic E-state index is 3.49. The van der Waals surface area contributed by atoms with Gasteiger partial charge in [0.25, 0.3) is 0 Å². The molecule has 1 unspecified atom stereocenters. The second-order valence-electron chi connectivity index (χ2n) is 4.25. The zero-order chi connectivity index (χ0) is 9.97. The molecular formula is C12H18N2. The Morgan fingerprint density at radius 3 is 2.36 bits per heavy atom. The monoisotopic (exact) mass is 190 g/mol. The van der Waals surface area contributed by atoms with E-state index < -0.39 is 0 Å². The molecule has 1 atom stereocenters. The number of nitrogens with one attached hydrogen (secondary N) is 1. The molecule has 0 bridgehead atoms. The van der Waals surface area contributed by atoms with Gasteiger partial charge >= 0.3 is 0 Å². The van der Waals surface area contributed by atoms with Gasteiger partial charge in [-0.3, -0.25) is 5.01 Å². The van der Waals surface area contributed by atoms with E-state index in [1.807, 2.05) is 0 Å². The number of nitrogens with zero attached hydrogens (tertiary/aromatic N) is 1. The summed E-state index contributed by atoms with van der Waals surface area (Å²) in [6.45, 7) is 0. The van der Waals surface area contributed by atoms with Crippen molar-refractivity contribution >= 4 is 0 Å². The zero-order valence-corrected chi connectivity index (χ0v) is 8.90. The van der Waals surface area contributed by atoms with E-state index in [4.69, 9.17) is 0 Å². The van der Waals surface area contributed by atoms with E-state index in [1.54, 1.807) is 0 Å². The van der Waals surface area contributed by atoms with Crippen LogP contribution in [0.15, 0.2) is 30.3 Å². The average Bonchev–Trinajstić information content (AvgIpc) is 2.99. The largest absolute Gasteiger partial charge is 0.250 e. The van der Waals surface area contributed by atoms with Crippen molar-refractivity contribution < 1.29 is 0 Å². The summed E-state index contributed by atoms with van der Waals surface area (Å²) in [4.78, 5) is 0. The molecule has 2 nitrogen and oxygen atoms in total. The summed E-state index contributed by atoms with van der Waals surface area (Å²) in [5, 5.41) is 2.05. The smallest absolute Gasteiger partial charge is 0.0492 e. The highest BCUT2D eigenvalue weighted by atomic mass is 15.5. The molecule has 1 fully saturated rings. The molecular weight excluding hydrogens is 172 g/mol. The lowest BCUT2D eigenvalue weighted by molar-refractivity contribution is 0.228. The fraction of sp³-hybridized carbons (Fsp3) is 0.500. The predicted molar refractivity (Wildman–Crippen MR) is 58.7 cm³/mol. The van der Waals surface area contributed by atoms with Crippen LogP contribution in [0.5, 0.6) is 0 Å². The Morgan fingerprint density at radius 1 is 1.21 bits per heavy atom. The van der Waals surface area contributed by atoms with Crippen molar-refractivity contribution in [3.63, 3.8) is 0 Å². The number of hydrazine groups is 1. The van der Waals surface area contributed by atoms with E-state index >= 15 is 0 Å². The van der Waals surface area contributed by atoms with Crippen molar-refractivity contribution in [3.05, 3.63) is 35.9 Å². The molecule has 1 aromatic carbocycles. The normalized spacial score (nSPS) is 18.5. The Hall–Kier alpha value is -0.860. The number of benzene rings is 1. The first-order valence-electron chi connectivity index (χ1n) is 5.26. The molecule has 76 valence electrons. The molecule has 0 amide bonds. The standard InChI is InChI=1S/C12H18N2/c1-14(2)13-12(11-8-9-11)10-6-4-3-5-7-10/h3-7,11-13H,8-9H2,1-2H3. The van der Waals surface area contributed by atoms with E-state index in [0.29, 0.717) is 6.04 Å². The number of hydrogen-bond acceptors (Lipinski definition) is 2. The van der Waals surface area contributed by atoms with E-state index in [2.05, 4.69) is 54.9 Å². The third-order valence-electron chi connectivity index (χ3n) is 2.65. The van der Waals surface area contributed by atoms with Crippen LogP contribution in [0.2, 0.25) is 0 Å². The maximum Gasteiger partial charge on any atom is 0.0492 e. The fourth-order valence-electron chi connectivity index (χ4n) is 1.82. The van der Waals surface area contributed by atoms with Crippen LogP contribution in [-0.4, -0.2) is 19.1 Å². The molecule has 1 aliphatic carbocycles. The molecule has 0 spiro atoms. The van der Waals surface area contributed by atoms with Crippen LogP contribution >= 0.6 is 0 Å². The molecule has 14 heavy (non-hydrogen) atoms. The molecule has 2 heteroatoms. The Kier molecular flexibility index (Phi) is 2.85. The lowest BCUT2D eigenvalue weighted by Crippen LogP contribution is -2.35. The summed E-state index contributed by atoms with van der Waals surface area (Å²) >= 11 is 0. The van der Waals surface area contributed by atoms with Crippen LogP contribution in [0.25, 0.3) is 0 Å². The topological polar surface area (TPSA) is 15.3 Å². The third kappa shape index (κ3) is 2.34. The first-order valence-corrected chi connectivity index (χ1v) is 5.26. The van der Waals surface area contributed by atoms with Crippen molar-refractivity contribution in [3.8, 4) is 0 Å². The Balaban J connectivity index is 2.10. The first-order chi connectivity index (χ1) is 6.77. The van der Waals surface area contributed by atoms with Gasteiger partial charge in [-0.05, 0) is 24.3 Å². The second-order valence-corrected chi connectivity index (χ2v) is 4.25. The minimum Gasteiger partial charge on any atom is -0.250 e. The Morgan fingerprint density at radius 2 is 1.86 bits per heavy atom. The predicted octanol–water partition coefficient (Wildman–Crippen LogP) is 2.20. The van der Waals surface area contributed by atoms with Gasteiger partial charge in [-0.15, -0.1) is 0 Å². The van der Waals surface area contributed by atoms with Gasteiger partial charge in [-0.1, -0.05) is 30.3 Å². The van der Waals surface area contributed by atoms with Crippen LogP contribution in [0.3, 0.4) is 0 Å². The van der Waals surface area contributed by atoms with Crippen LogP contribution < -0.4 is 5.43 Å². The molecule has 0 heterocycles. The molecule has 0 aromatic heterocycles. The van der Waals surface area contributed by atoms with Gasteiger partial charge in [0.1, 0.15) is 0 Å². The summed E-state index contributed by atoms with van der Waals surface area (Å²) in [5.74, 6) is 0.833. The molecule has 1 aromatic rings. The van der Waals surface area contributed by atoms with Gasteiger partial charge in [0.15, 0.2) is 0 Å². The minimum atomic E-state index is 0.506. The van der Waals surface area contributed by atoms with E-state index in [9.17, 15) is 0 Å². The molecule has 0 aliphatic heterocycles. The molecule has 2 rings (SSSR count). The minimum absolute atomic E-state index is 0.506. The summed E-state index contributed by atoms with van der Waals surface area (Å²) in [6.07, 6.45) is 2.72. The summed E-state index contributed by atoms with van der Waals surface area (Å²) in [7, 11) is 4.11. The quantitative estimate of drug-likeness (QED) is 0.732. The summed E-state index contributed by atoms with van der Waals surface area (Å²) in [6, 6.07) is 11.2. The van der Waals surface area contributed by atoms with Crippen LogP contribution in [0.1, 0.15) is 24.4 Å². The molecule has 1 N–H and O–H groups in total. The average molecular weight is 190 g/mol. The first kappa shape index (κ1) is 9.69. The lowest BCUT2D eigenvalue weighted by atomic mass is 10.0. The molecule has 1 saturated carbocycles. The lowest BCUT2D eigenvalue weighted by Gasteiger charge is -2.23. The van der Waals surface area contributed by atoms with Crippen molar-refractivity contribution in [1.82, 2.24) is 10.4 Å². The molecule has 1 aliphatic rings. The second kappa shape index (κ2) is 4.11. The van der Waals surface area contributed by atoms with Crippen molar-refractivity contribution in [2.45, 2.75) is 18.9 Å². The number of hydrogen-bond donors (Lipinski definition) is 1. The van der Waals surface area contributed by atoms with Gasteiger partial charge < -0.3 is 0 Å². The van der Waals surface area contributed by atoms with Gasteiger partial charge in [0.05, 0.1) is 0 Å². The Bertz CT molecular complexity index is 278. The fourth-order valence-corrected chi connectivity index (χ4v) is 1.82. The van der Waals surface area contributed by atoms with Gasteiger partial charge in [-0.2, -0.15) is 0 Å². The van der Waals surface area contributed by atoms with E-state index in [1.165, 1.54) is 18.4 Å². The van der Waals surface area contributed by atoms with E-state index in [-0.39, 0.29) is 0 Å². The third-order valence-corrected chi connectivity index (χ3v) is 2.65. The van der Waals surface area contributed by atoms with Crippen molar-refractivity contribution in [2.24, 2.45) is 5.92 Å². The SMILES string of the molecule is CN(C)NC(c1ccccc1)C1CC1. The molecule has 0 saturated heterocycles. The highest BCUT2D eigenvalue weighted by Crippen LogP contribution is 2.40. The number of rotatable bonds is 4. The summed E-state index contributed by atoms with van der Waals surface area (Å²) < 4.78 is 0. The molecule has 0 radical (unpaired) electrons. The maximum absolute atomic E-state index is 3.49. The van der Waals surface area contributed by atoms with Crippen LogP contribution in [-0.2, 0) is 0 Å². The van der Waals surface area contributed by atoms with Gasteiger partial charge in [0, 0.05) is 20.1 Å². The Labute approximate surface area is 85.9 Å². The van der Waals surface area contributed by atoms with Gasteiger partial charge in [0.2, 0.25) is 0 Å². The van der Waals surface area contributed by atoms with Gasteiger partial charge in [-0.25, -0.2) is 5.43 Å². The van der Waals surface area contributed by atoms with Crippen LogP contribution in [0, 0.1) is 5.92 Å². The van der Waals surface area contributed by atoms with Crippen molar-refractivity contribution in [1.29, 1.82) is 0 Å². The van der Waals surface area contributed by atoms with Crippen molar-refractivity contribution in [2.75, 3.05) is 14.1 Å².